The Morgan fingerprint density at radius 2 is 1.78 bits per heavy atom. The molecule has 11 heteroatoms. The molecule has 0 saturated heterocycles. The smallest absolute Gasteiger partial charge is 0.384 e. The molecule has 0 aliphatic carbocycles. The van der Waals surface area contributed by atoms with Gasteiger partial charge in [-0.1, -0.05) is 29.8 Å². The second-order valence-corrected chi connectivity index (χ2v) is 8.08. The minimum absolute atomic E-state index is 0.00784. The Kier molecular flexibility index (Phi) is 8.73. The van der Waals surface area contributed by atoms with E-state index in [1.165, 1.54) is 42.6 Å². The van der Waals surface area contributed by atoms with Gasteiger partial charge in [0.25, 0.3) is 11.8 Å². The van der Waals surface area contributed by atoms with Crippen molar-refractivity contribution in [3.63, 3.8) is 0 Å². The number of halogens is 5. The Morgan fingerprint density at radius 1 is 1.03 bits per heavy atom. The van der Waals surface area contributed by atoms with Gasteiger partial charge in [-0.2, -0.15) is 18.2 Å². The fourth-order valence-electron chi connectivity index (χ4n) is 3.02. The van der Waals surface area contributed by atoms with E-state index in [9.17, 15) is 22.8 Å². The number of carbonyl (C=O) groups excluding carboxylic acids is 2. The molecule has 0 aliphatic heterocycles. The van der Waals surface area contributed by atoms with E-state index in [0.717, 1.165) is 17.7 Å². The summed E-state index contributed by atoms with van der Waals surface area (Å²) in [6.45, 7) is 0. The number of rotatable bonds is 7. The minimum atomic E-state index is -4.48. The number of anilines is 2. The van der Waals surface area contributed by atoms with Gasteiger partial charge in [0.1, 0.15) is 5.84 Å². The van der Waals surface area contributed by atoms with Crippen LogP contribution in [0, 0.1) is 0 Å². The van der Waals surface area contributed by atoms with Crippen molar-refractivity contribution >= 4 is 52.2 Å². The molecule has 3 rings (SSSR count). The fourth-order valence-corrected chi connectivity index (χ4v) is 3.35. The number of nitrogens with two attached hydrogens (primary N) is 1. The van der Waals surface area contributed by atoms with Crippen molar-refractivity contribution in [2.24, 2.45) is 10.7 Å². The Morgan fingerprint density at radius 3 is 2.50 bits per heavy atom. The molecule has 0 aromatic heterocycles. The number of alkyl halides is 4. The first-order valence-electron chi connectivity index (χ1n) is 10.3. The Bertz CT molecular complexity index is 1340. The number of nitrogens with zero attached hydrogens (tertiary/aromatic N) is 1. The topological polar surface area (TPSA) is 96.6 Å². The van der Waals surface area contributed by atoms with Crippen LogP contribution in [0.1, 0.15) is 31.8 Å². The maximum Gasteiger partial charge on any atom is 0.416 e. The van der Waals surface area contributed by atoms with Crippen LogP contribution in [0.15, 0.2) is 84.0 Å². The molecule has 2 amide bonds. The van der Waals surface area contributed by atoms with Crippen molar-refractivity contribution in [1.29, 1.82) is 0 Å². The molecule has 0 atom stereocenters. The molecule has 3 aromatic rings. The number of carbonyl (C=O) groups is 2. The summed E-state index contributed by atoms with van der Waals surface area (Å²) in [5.41, 5.74) is 6.37. The van der Waals surface area contributed by atoms with Gasteiger partial charge in [0.05, 0.1) is 16.8 Å². The highest BCUT2D eigenvalue weighted by Crippen LogP contribution is 2.30. The number of hydrogen-bond acceptors (Lipinski definition) is 3. The summed E-state index contributed by atoms with van der Waals surface area (Å²) in [4.78, 5) is 29.2. The molecule has 0 fully saturated rings. The van der Waals surface area contributed by atoms with Crippen LogP contribution in [0.2, 0.25) is 5.02 Å². The summed E-state index contributed by atoms with van der Waals surface area (Å²) >= 11 is 11.8. The maximum absolute atomic E-state index is 12.8. The van der Waals surface area contributed by atoms with Crippen molar-refractivity contribution in [2.75, 3.05) is 10.6 Å². The molecular formula is C25H19Cl2F3N4O2. The third kappa shape index (κ3) is 7.34. The van der Waals surface area contributed by atoms with Gasteiger partial charge in [-0.3, -0.25) is 9.59 Å². The highest BCUT2D eigenvalue weighted by atomic mass is 35.5. The average Bonchev–Trinajstić information content (AvgIpc) is 2.84. The highest BCUT2D eigenvalue weighted by molar-refractivity contribution is 6.31. The zero-order valence-corrected chi connectivity index (χ0v) is 20.0. The molecule has 0 unspecified atom stereocenters. The van der Waals surface area contributed by atoms with Gasteiger partial charge in [-0.15, -0.1) is 11.6 Å². The first kappa shape index (κ1) is 26.8. The lowest BCUT2D eigenvalue weighted by Crippen LogP contribution is -2.16. The lowest BCUT2D eigenvalue weighted by atomic mass is 10.1. The van der Waals surface area contributed by atoms with Crippen molar-refractivity contribution < 1.29 is 22.8 Å². The summed E-state index contributed by atoms with van der Waals surface area (Å²) in [5, 5.41) is 5.52. The van der Waals surface area contributed by atoms with Crippen LogP contribution in [0.25, 0.3) is 0 Å². The van der Waals surface area contributed by atoms with E-state index in [2.05, 4.69) is 15.6 Å². The summed E-state index contributed by atoms with van der Waals surface area (Å²) in [6, 6.07) is 15.5. The van der Waals surface area contributed by atoms with Gasteiger partial charge < -0.3 is 16.4 Å². The van der Waals surface area contributed by atoms with Gasteiger partial charge in [0.2, 0.25) is 0 Å². The largest absolute Gasteiger partial charge is 0.416 e. The normalized spacial score (nSPS) is 12.0. The molecule has 36 heavy (non-hydrogen) atoms. The summed E-state index contributed by atoms with van der Waals surface area (Å²) < 4.78 is 38.5. The first-order valence-corrected chi connectivity index (χ1v) is 11.2. The van der Waals surface area contributed by atoms with Crippen LogP contribution >= 0.6 is 23.2 Å². The van der Waals surface area contributed by atoms with E-state index in [1.807, 2.05) is 0 Å². The molecular weight excluding hydrogens is 516 g/mol. The summed E-state index contributed by atoms with van der Waals surface area (Å²) in [7, 11) is 0. The molecule has 186 valence electrons. The SMILES string of the molecule is NC(/C=C\Nc1cccc(C(F)(F)F)c1)=NC(=O)c1cc(Cl)ccc1NC(=O)c1cccc(CCl)c1. The van der Waals surface area contributed by atoms with E-state index in [4.69, 9.17) is 28.9 Å². The molecule has 0 bridgehead atoms. The number of nitrogens with one attached hydrogen (secondary N) is 2. The lowest BCUT2D eigenvalue weighted by Gasteiger charge is -2.10. The third-order valence-electron chi connectivity index (χ3n) is 4.73. The standard InChI is InChI=1S/C25H19Cl2F3N4O2/c26-14-15-3-1-4-16(11-15)23(35)33-21-8-7-18(27)13-20(21)24(36)34-22(31)9-10-32-19-6-2-5-17(12-19)25(28,29)30/h1-13,32H,14H2,(H,33,35)(H2,31,34,36)/b10-9-. The number of aliphatic imine (C=N–C) groups is 1. The van der Waals surface area contributed by atoms with Crippen LogP contribution in [0.3, 0.4) is 0 Å². The second kappa shape index (κ2) is 11.7. The van der Waals surface area contributed by atoms with E-state index in [1.54, 1.807) is 24.3 Å². The third-order valence-corrected chi connectivity index (χ3v) is 5.27. The van der Waals surface area contributed by atoms with Gasteiger partial charge in [0.15, 0.2) is 0 Å². The number of amides is 2. The molecule has 0 radical (unpaired) electrons. The summed E-state index contributed by atoms with van der Waals surface area (Å²) in [5.74, 6) is -1.26. The number of hydrogen-bond donors (Lipinski definition) is 3. The monoisotopic (exact) mass is 534 g/mol. The predicted molar refractivity (Wildman–Crippen MR) is 136 cm³/mol. The van der Waals surface area contributed by atoms with Crippen molar-refractivity contribution in [2.45, 2.75) is 12.1 Å². The van der Waals surface area contributed by atoms with Crippen LogP contribution in [-0.2, 0) is 12.1 Å². The number of benzene rings is 3. The highest BCUT2D eigenvalue weighted by Gasteiger charge is 2.30. The molecule has 0 spiro atoms. The molecule has 3 aromatic carbocycles. The van der Waals surface area contributed by atoms with E-state index >= 15 is 0 Å². The average molecular weight is 535 g/mol. The molecule has 0 aliphatic rings. The van der Waals surface area contributed by atoms with Crippen LogP contribution in [0.5, 0.6) is 0 Å². The lowest BCUT2D eigenvalue weighted by molar-refractivity contribution is -0.137. The quantitative estimate of drug-likeness (QED) is 0.184. The van der Waals surface area contributed by atoms with E-state index in [0.29, 0.717) is 5.56 Å². The van der Waals surface area contributed by atoms with E-state index < -0.39 is 23.6 Å². The van der Waals surface area contributed by atoms with Crippen LogP contribution < -0.4 is 16.4 Å². The molecule has 4 N–H and O–H groups in total. The van der Waals surface area contributed by atoms with Crippen LogP contribution in [0.4, 0.5) is 24.5 Å². The van der Waals surface area contributed by atoms with Crippen molar-refractivity contribution in [1.82, 2.24) is 0 Å². The second-order valence-electron chi connectivity index (χ2n) is 7.38. The van der Waals surface area contributed by atoms with Gasteiger partial charge >= 0.3 is 6.18 Å². The van der Waals surface area contributed by atoms with Crippen LogP contribution in [-0.4, -0.2) is 17.6 Å². The van der Waals surface area contributed by atoms with Gasteiger partial charge in [-0.25, -0.2) is 0 Å². The van der Waals surface area contributed by atoms with E-state index in [-0.39, 0.29) is 33.7 Å². The molecule has 0 saturated carbocycles. The first-order chi connectivity index (χ1) is 17.1. The molecule has 0 heterocycles. The zero-order chi connectivity index (χ0) is 26.3. The Balaban J connectivity index is 1.74. The number of amidine groups is 1. The predicted octanol–water partition coefficient (Wildman–Crippen LogP) is 6.47. The summed E-state index contributed by atoms with van der Waals surface area (Å²) in [6.07, 6.45) is -2.03. The van der Waals surface area contributed by atoms with Crippen molar-refractivity contribution in [3.05, 3.63) is 106 Å². The minimum Gasteiger partial charge on any atom is -0.384 e. The van der Waals surface area contributed by atoms with Gasteiger partial charge in [0, 0.05) is 28.4 Å². The Labute approximate surface area is 214 Å². The van der Waals surface area contributed by atoms with Crippen molar-refractivity contribution in [3.8, 4) is 0 Å². The van der Waals surface area contributed by atoms with Gasteiger partial charge in [-0.05, 0) is 60.2 Å². The Hall–Kier alpha value is -3.82. The fraction of sp³-hybridized carbons (Fsp3) is 0.0800. The maximum atomic E-state index is 12.8. The molecule has 6 nitrogen and oxygen atoms in total. The zero-order valence-electron chi connectivity index (χ0n) is 18.4.